The third kappa shape index (κ3) is 4.21. The predicted octanol–water partition coefficient (Wildman–Crippen LogP) is 3.19. The average molecular weight is 267 g/mol. The maximum atomic E-state index is 12.4. The lowest BCUT2D eigenvalue weighted by Gasteiger charge is -2.18. The molecule has 1 rings (SSSR count). The van der Waals surface area contributed by atoms with Gasteiger partial charge in [-0.1, -0.05) is 19.9 Å². The van der Waals surface area contributed by atoms with E-state index in [0.29, 0.717) is 6.04 Å². The molecule has 3 unspecified atom stereocenters. The molecule has 0 aliphatic rings. The highest BCUT2D eigenvalue weighted by Gasteiger charge is 2.16. The van der Waals surface area contributed by atoms with Crippen molar-refractivity contribution < 1.29 is 4.21 Å². The Morgan fingerprint density at radius 2 is 1.89 bits per heavy atom. The van der Waals surface area contributed by atoms with E-state index in [1.165, 1.54) is 11.1 Å². The second-order valence-corrected chi connectivity index (χ2v) is 6.92. The number of benzene rings is 1. The first-order chi connectivity index (χ1) is 8.45. The van der Waals surface area contributed by atoms with Crippen molar-refractivity contribution in [3.63, 3.8) is 0 Å². The fraction of sp³-hybridized carbons (Fsp3) is 0.600. The van der Waals surface area contributed by atoms with Gasteiger partial charge in [-0.25, -0.2) is 0 Å². The van der Waals surface area contributed by atoms with Gasteiger partial charge < -0.3 is 5.32 Å². The summed E-state index contributed by atoms with van der Waals surface area (Å²) < 4.78 is 12.4. The van der Waals surface area contributed by atoms with Gasteiger partial charge in [0.1, 0.15) is 0 Å². The van der Waals surface area contributed by atoms with Gasteiger partial charge in [-0.3, -0.25) is 4.21 Å². The smallest absolute Gasteiger partial charge is 0.0558 e. The number of nitrogens with one attached hydrogen (secondary N) is 1. The predicted molar refractivity (Wildman–Crippen MR) is 79.5 cm³/mol. The topological polar surface area (TPSA) is 29.1 Å². The Hall–Kier alpha value is -0.670. The van der Waals surface area contributed by atoms with Crippen LogP contribution in [0, 0.1) is 13.8 Å². The van der Waals surface area contributed by atoms with E-state index >= 15 is 0 Å². The Morgan fingerprint density at radius 3 is 2.44 bits per heavy atom. The van der Waals surface area contributed by atoms with Crippen molar-refractivity contribution in [2.24, 2.45) is 0 Å². The minimum Gasteiger partial charge on any atom is -0.314 e. The second kappa shape index (κ2) is 7.05. The lowest BCUT2D eigenvalue weighted by atomic mass is 10.1. The SMILES string of the molecule is CCNC(C)CC(C)S(=O)c1ccc(C)c(C)c1. The van der Waals surface area contributed by atoms with Gasteiger partial charge in [0.2, 0.25) is 0 Å². The first kappa shape index (κ1) is 15.4. The Kier molecular flexibility index (Phi) is 6.03. The molecule has 1 N–H and O–H groups in total. The molecule has 0 saturated heterocycles. The van der Waals surface area contributed by atoms with Crippen LogP contribution >= 0.6 is 0 Å². The van der Waals surface area contributed by atoms with Crippen LogP contribution in [0.2, 0.25) is 0 Å². The summed E-state index contributed by atoms with van der Waals surface area (Å²) in [4.78, 5) is 0.953. The summed E-state index contributed by atoms with van der Waals surface area (Å²) in [7, 11) is -0.911. The summed E-state index contributed by atoms with van der Waals surface area (Å²) in [6.45, 7) is 11.4. The molecule has 0 aliphatic heterocycles. The Labute approximate surface area is 114 Å². The van der Waals surface area contributed by atoms with E-state index in [0.717, 1.165) is 17.9 Å². The molecule has 0 saturated carbocycles. The molecule has 3 heteroatoms. The highest BCUT2D eigenvalue weighted by Crippen LogP contribution is 2.18. The zero-order valence-corrected chi connectivity index (χ0v) is 12.9. The maximum Gasteiger partial charge on any atom is 0.0558 e. The molecule has 0 aliphatic carbocycles. The summed E-state index contributed by atoms with van der Waals surface area (Å²) in [6, 6.07) is 6.52. The monoisotopic (exact) mass is 267 g/mol. The molecule has 0 radical (unpaired) electrons. The summed E-state index contributed by atoms with van der Waals surface area (Å²) >= 11 is 0. The van der Waals surface area contributed by atoms with Gasteiger partial charge in [0.05, 0.1) is 10.8 Å². The highest BCUT2D eigenvalue weighted by molar-refractivity contribution is 7.85. The van der Waals surface area contributed by atoms with Gasteiger partial charge >= 0.3 is 0 Å². The normalized spacial score (nSPS) is 16.3. The maximum absolute atomic E-state index is 12.4. The van der Waals surface area contributed by atoms with Gasteiger partial charge in [-0.05, 0) is 57.0 Å². The Balaban J connectivity index is 2.71. The summed E-state index contributed by atoms with van der Waals surface area (Å²) in [5, 5.41) is 3.55. The molecule has 3 atom stereocenters. The van der Waals surface area contributed by atoms with Crippen LogP contribution in [0.3, 0.4) is 0 Å². The van der Waals surface area contributed by atoms with Crippen molar-refractivity contribution in [2.75, 3.05) is 6.54 Å². The van der Waals surface area contributed by atoms with E-state index in [1.54, 1.807) is 0 Å². The molecule has 0 amide bonds. The third-order valence-electron chi connectivity index (χ3n) is 3.31. The molecule has 2 nitrogen and oxygen atoms in total. The van der Waals surface area contributed by atoms with Gasteiger partial charge in [0.15, 0.2) is 0 Å². The van der Waals surface area contributed by atoms with Crippen LogP contribution in [0.1, 0.15) is 38.3 Å². The second-order valence-electron chi connectivity index (χ2n) is 5.05. The van der Waals surface area contributed by atoms with Crippen molar-refractivity contribution >= 4 is 10.8 Å². The van der Waals surface area contributed by atoms with Crippen molar-refractivity contribution in [1.29, 1.82) is 0 Å². The molecule has 18 heavy (non-hydrogen) atoms. The van der Waals surface area contributed by atoms with Crippen molar-refractivity contribution in [3.8, 4) is 0 Å². The molecule has 0 spiro atoms. The molecule has 1 aromatic carbocycles. The number of aryl methyl sites for hydroxylation is 2. The average Bonchev–Trinajstić information content (AvgIpc) is 2.32. The number of rotatable bonds is 6. The van der Waals surface area contributed by atoms with E-state index < -0.39 is 10.8 Å². The minimum absolute atomic E-state index is 0.182. The van der Waals surface area contributed by atoms with Crippen LogP contribution in [0.25, 0.3) is 0 Å². The number of hydrogen-bond acceptors (Lipinski definition) is 2. The molecular formula is C15H25NOS. The van der Waals surface area contributed by atoms with E-state index in [-0.39, 0.29) is 5.25 Å². The minimum atomic E-state index is -0.911. The number of hydrogen-bond donors (Lipinski definition) is 1. The molecule has 0 heterocycles. The zero-order valence-electron chi connectivity index (χ0n) is 12.1. The van der Waals surface area contributed by atoms with Crippen molar-refractivity contribution in [2.45, 2.75) is 57.2 Å². The molecule has 102 valence electrons. The third-order valence-corrected chi connectivity index (χ3v) is 4.96. The summed E-state index contributed by atoms with van der Waals surface area (Å²) in [5.41, 5.74) is 2.47. The van der Waals surface area contributed by atoms with Gasteiger partial charge in [-0.2, -0.15) is 0 Å². The molecule has 0 aromatic heterocycles. The first-order valence-electron chi connectivity index (χ1n) is 6.67. The molecular weight excluding hydrogens is 242 g/mol. The van der Waals surface area contributed by atoms with Gasteiger partial charge in [-0.15, -0.1) is 0 Å². The van der Waals surface area contributed by atoms with Gasteiger partial charge in [0, 0.05) is 16.2 Å². The highest BCUT2D eigenvalue weighted by atomic mass is 32.2. The quantitative estimate of drug-likeness (QED) is 0.857. The molecule has 1 aromatic rings. The standard InChI is InChI=1S/C15H25NOS/c1-6-16-13(4)10-14(5)18(17)15-8-7-11(2)12(3)9-15/h7-9,13-14,16H,6,10H2,1-5H3. The van der Waals surface area contributed by atoms with Crippen LogP contribution in [-0.4, -0.2) is 22.0 Å². The zero-order chi connectivity index (χ0) is 13.7. The van der Waals surface area contributed by atoms with Gasteiger partial charge in [0.25, 0.3) is 0 Å². The van der Waals surface area contributed by atoms with Crippen LogP contribution in [0.5, 0.6) is 0 Å². The lowest BCUT2D eigenvalue weighted by molar-refractivity contribution is 0.524. The summed E-state index contributed by atoms with van der Waals surface area (Å²) in [5.74, 6) is 0. The van der Waals surface area contributed by atoms with E-state index in [1.807, 2.05) is 6.07 Å². The molecule has 0 bridgehead atoms. The van der Waals surface area contributed by atoms with Crippen molar-refractivity contribution in [1.82, 2.24) is 5.32 Å². The Morgan fingerprint density at radius 1 is 1.22 bits per heavy atom. The van der Waals surface area contributed by atoms with E-state index in [2.05, 4.69) is 52.1 Å². The van der Waals surface area contributed by atoms with Crippen molar-refractivity contribution in [3.05, 3.63) is 29.3 Å². The van der Waals surface area contributed by atoms with Crippen LogP contribution in [-0.2, 0) is 10.8 Å². The van der Waals surface area contributed by atoms with E-state index in [9.17, 15) is 4.21 Å². The summed E-state index contributed by atoms with van der Waals surface area (Å²) in [6.07, 6.45) is 0.938. The lowest BCUT2D eigenvalue weighted by Crippen LogP contribution is -2.30. The molecule has 0 fully saturated rings. The van der Waals surface area contributed by atoms with Crippen LogP contribution in [0.4, 0.5) is 0 Å². The van der Waals surface area contributed by atoms with Crippen LogP contribution in [0.15, 0.2) is 23.1 Å². The van der Waals surface area contributed by atoms with Crippen LogP contribution < -0.4 is 5.32 Å². The largest absolute Gasteiger partial charge is 0.314 e. The Bertz CT molecular complexity index is 417. The fourth-order valence-electron chi connectivity index (χ4n) is 2.09. The van der Waals surface area contributed by atoms with E-state index in [4.69, 9.17) is 0 Å². The fourth-order valence-corrected chi connectivity index (χ4v) is 3.51. The first-order valence-corrected chi connectivity index (χ1v) is 7.88.